The molecule has 2 aliphatic rings. The lowest BCUT2D eigenvalue weighted by molar-refractivity contribution is -0.135. The lowest BCUT2D eigenvalue weighted by Crippen LogP contribution is -2.47. The van der Waals surface area contributed by atoms with E-state index in [2.05, 4.69) is 10.2 Å². The second-order valence-corrected chi connectivity index (χ2v) is 13.1. The highest BCUT2D eigenvalue weighted by atomic mass is 35.5. The molecule has 0 radical (unpaired) electrons. The molecule has 1 N–H and O–H groups in total. The van der Waals surface area contributed by atoms with E-state index in [0.717, 1.165) is 5.56 Å². The molecule has 0 aliphatic carbocycles. The first-order valence-electron chi connectivity index (χ1n) is 13.7. The van der Waals surface area contributed by atoms with E-state index in [4.69, 9.17) is 16.3 Å². The topological polar surface area (TPSA) is 116 Å². The van der Waals surface area contributed by atoms with Crippen molar-refractivity contribution in [1.82, 2.24) is 19.4 Å². The zero-order chi connectivity index (χ0) is 30.0. The summed E-state index contributed by atoms with van der Waals surface area (Å²) in [6.45, 7) is 1.32. The van der Waals surface area contributed by atoms with E-state index >= 15 is 4.39 Å². The number of sulfonamides is 1. The molecule has 224 valence electrons. The van der Waals surface area contributed by atoms with Crippen molar-refractivity contribution in [1.29, 1.82) is 0 Å². The summed E-state index contributed by atoms with van der Waals surface area (Å²) in [6, 6.07) is 14.3. The fraction of sp³-hybridized carbons (Fsp3) is 0.414. The molecule has 0 spiro atoms. The number of carbonyl (C=O) groups excluding carboxylic acids is 1. The van der Waals surface area contributed by atoms with Crippen LogP contribution in [0.5, 0.6) is 5.75 Å². The summed E-state index contributed by atoms with van der Waals surface area (Å²) in [5.74, 6) is -0.937. The van der Waals surface area contributed by atoms with Gasteiger partial charge in [-0.15, -0.1) is 0 Å². The normalized spacial score (nSPS) is 22.0. The molecule has 5 rings (SSSR count). The number of benzene rings is 2. The van der Waals surface area contributed by atoms with Crippen LogP contribution in [-0.2, 0) is 14.8 Å². The number of aromatic amines is 1. The average Bonchev–Trinajstić information content (AvgIpc) is 3.38. The number of rotatable bonds is 6. The van der Waals surface area contributed by atoms with Crippen molar-refractivity contribution in [3.8, 4) is 5.75 Å². The smallest absolute Gasteiger partial charge is 0.264 e. The molecule has 3 heterocycles. The van der Waals surface area contributed by atoms with Gasteiger partial charge in [-0.3, -0.25) is 9.59 Å². The molecular weight excluding hydrogens is 585 g/mol. The number of methoxy groups -OCH3 is 1. The third-order valence-electron chi connectivity index (χ3n) is 8.07. The molecule has 1 aromatic heterocycles. The van der Waals surface area contributed by atoms with Crippen LogP contribution in [0.3, 0.4) is 0 Å². The first kappa shape index (κ1) is 30.0. The van der Waals surface area contributed by atoms with Crippen LogP contribution in [0.15, 0.2) is 59.4 Å². The van der Waals surface area contributed by atoms with Crippen molar-refractivity contribution in [2.24, 2.45) is 5.92 Å². The SMILES string of the molecule is COc1ccc([C@@H]2CN(c3ccc(=O)[nH]n3)C[C@H]2C(=O)N2CCCC(c3ccc(Cl)cc3)N(S(C)(=O)=O)CC2)c(F)c1. The Morgan fingerprint density at radius 1 is 1.07 bits per heavy atom. The lowest BCUT2D eigenvalue weighted by atomic mass is 9.87. The van der Waals surface area contributed by atoms with E-state index in [1.807, 2.05) is 17.0 Å². The zero-order valence-electron chi connectivity index (χ0n) is 23.4. The van der Waals surface area contributed by atoms with Gasteiger partial charge in [0.25, 0.3) is 5.56 Å². The van der Waals surface area contributed by atoms with E-state index in [-0.39, 0.29) is 37.1 Å². The number of aromatic nitrogens is 2. The molecule has 1 unspecified atom stereocenters. The maximum atomic E-state index is 15.3. The summed E-state index contributed by atoms with van der Waals surface area (Å²) in [6.07, 6.45) is 2.27. The van der Waals surface area contributed by atoms with Crippen molar-refractivity contribution in [3.63, 3.8) is 0 Å². The van der Waals surface area contributed by atoms with Crippen molar-refractivity contribution in [2.45, 2.75) is 24.8 Å². The van der Waals surface area contributed by atoms with Crippen LogP contribution < -0.4 is 15.2 Å². The molecule has 1 amide bonds. The van der Waals surface area contributed by atoms with E-state index in [1.54, 1.807) is 35.2 Å². The molecule has 2 aliphatic heterocycles. The minimum absolute atomic E-state index is 0.122. The first-order valence-corrected chi connectivity index (χ1v) is 15.9. The van der Waals surface area contributed by atoms with Gasteiger partial charge in [0.15, 0.2) is 0 Å². The van der Waals surface area contributed by atoms with Crippen LogP contribution in [-0.4, -0.2) is 79.8 Å². The Morgan fingerprint density at radius 2 is 1.83 bits per heavy atom. The Kier molecular flexibility index (Phi) is 8.86. The van der Waals surface area contributed by atoms with Gasteiger partial charge in [0.1, 0.15) is 17.4 Å². The maximum absolute atomic E-state index is 15.3. The highest BCUT2D eigenvalue weighted by Gasteiger charge is 2.43. The fourth-order valence-corrected chi connectivity index (χ4v) is 7.21. The molecule has 2 saturated heterocycles. The van der Waals surface area contributed by atoms with Gasteiger partial charge in [-0.25, -0.2) is 17.9 Å². The summed E-state index contributed by atoms with van der Waals surface area (Å²) in [5, 5.41) is 7.10. The van der Waals surface area contributed by atoms with E-state index in [9.17, 15) is 18.0 Å². The van der Waals surface area contributed by atoms with Crippen LogP contribution in [0.1, 0.15) is 35.9 Å². The standard InChI is InChI=1S/C29H33ClFN5O5S/c1-41-21-9-10-22(25(31)16-21)23-17-35(27-11-12-28(37)33-32-27)18-24(23)29(38)34-13-3-4-26(19-5-7-20(30)8-6-19)36(15-14-34)42(2,39)40/h5-12,16,23-24,26H,3-4,13-15,17-18H2,1-2H3,(H,33,37)/t23-,24+,26?/m0/s1. The number of ether oxygens (including phenoxy) is 1. The van der Waals surface area contributed by atoms with Crippen molar-refractivity contribution in [3.05, 3.63) is 86.9 Å². The van der Waals surface area contributed by atoms with Crippen molar-refractivity contribution < 1.29 is 22.3 Å². The van der Waals surface area contributed by atoms with Gasteiger partial charge in [0, 0.05) is 61.8 Å². The van der Waals surface area contributed by atoms with Gasteiger partial charge in [0.2, 0.25) is 15.9 Å². The summed E-state index contributed by atoms with van der Waals surface area (Å²) in [4.78, 5) is 29.3. The van der Waals surface area contributed by atoms with Gasteiger partial charge in [-0.05, 0) is 48.2 Å². The van der Waals surface area contributed by atoms with Crippen LogP contribution in [0, 0.1) is 11.7 Å². The molecule has 3 aromatic rings. The number of carbonyl (C=O) groups is 1. The highest BCUT2D eigenvalue weighted by molar-refractivity contribution is 7.88. The second kappa shape index (κ2) is 12.4. The number of hydrogen-bond acceptors (Lipinski definition) is 7. The molecule has 2 fully saturated rings. The Bertz CT molecular complexity index is 1580. The van der Waals surface area contributed by atoms with E-state index in [0.29, 0.717) is 48.1 Å². The van der Waals surface area contributed by atoms with Crippen LogP contribution in [0.2, 0.25) is 5.02 Å². The van der Waals surface area contributed by atoms with Gasteiger partial charge in [-0.2, -0.15) is 9.40 Å². The summed E-state index contributed by atoms with van der Waals surface area (Å²) >= 11 is 6.06. The quantitative estimate of drug-likeness (QED) is 0.451. The first-order chi connectivity index (χ1) is 20.0. The molecule has 3 atom stereocenters. The third-order valence-corrected chi connectivity index (χ3v) is 9.61. The number of nitrogens with one attached hydrogen (secondary N) is 1. The van der Waals surface area contributed by atoms with Crippen LogP contribution in [0.25, 0.3) is 0 Å². The van der Waals surface area contributed by atoms with Crippen molar-refractivity contribution >= 4 is 33.3 Å². The largest absolute Gasteiger partial charge is 0.497 e. The number of halogens is 2. The van der Waals surface area contributed by atoms with Gasteiger partial charge in [-0.1, -0.05) is 29.8 Å². The number of H-pyrrole nitrogens is 1. The summed E-state index contributed by atoms with van der Waals surface area (Å²) < 4.78 is 47.7. The molecule has 0 saturated carbocycles. The Morgan fingerprint density at radius 3 is 2.48 bits per heavy atom. The van der Waals surface area contributed by atoms with Crippen LogP contribution in [0.4, 0.5) is 10.2 Å². The van der Waals surface area contributed by atoms with Crippen LogP contribution >= 0.6 is 11.6 Å². The third kappa shape index (κ3) is 6.45. The number of amides is 1. The minimum atomic E-state index is -3.60. The maximum Gasteiger partial charge on any atom is 0.264 e. The predicted molar refractivity (Wildman–Crippen MR) is 158 cm³/mol. The van der Waals surface area contributed by atoms with E-state index in [1.165, 1.54) is 29.8 Å². The predicted octanol–water partition coefficient (Wildman–Crippen LogP) is 3.42. The minimum Gasteiger partial charge on any atom is -0.497 e. The average molecular weight is 618 g/mol. The molecular formula is C29H33ClFN5O5S. The zero-order valence-corrected chi connectivity index (χ0v) is 24.9. The van der Waals surface area contributed by atoms with Gasteiger partial charge in [0.05, 0.1) is 19.3 Å². The monoisotopic (exact) mass is 617 g/mol. The summed E-state index contributed by atoms with van der Waals surface area (Å²) in [5.41, 5.74) is 0.879. The number of anilines is 1. The van der Waals surface area contributed by atoms with E-state index < -0.39 is 27.7 Å². The van der Waals surface area contributed by atoms with Gasteiger partial charge >= 0.3 is 0 Å². The van der Waals surface area contributed by atoms with Crippen molar-refractivity contribution in [2.75, 3.05) is 51.0 Å². The number of nitrogens with zero attached hydrogens (tertiary/aromatic N) is 4. The number of hydrogen-bond donors (Lipinski definition) is 1. The Labute approximate surface area is 249 Å². The Hall–Kier alpha value is -3.48. The lowest BCUT2D eigenvalue weighted by Gasteiger charge is -2.37. The molecule has 0 bridgehead atoms. The molecule has 2 aromatic carbocycles. The Balaban J connectivity index is 1.42. The molecule has 42 heavy (non-hydrogen) atoms. The molecule has 13 heteroatoms. The second-order valence-electron chi connectivity index (χ2n) is 10.7. The summed E-state index contributed by atoms with van der Waals surface area (Å²) in [7, 11) is -2.14. The fourth-order valence-electron chi connectivity index (χ4n) is 5.98. The van der Waals surface area contributed by atoms with Gasteiger partial charge < -0.3 is 14.5 Å². The highest BCUT2D eigenvalue weighted by Crippen LogP contribution is 2.38. The molecule has 10 nitrogen and oxygen atoms in total.